The van der Waals surface area contributed by atoms with Crippen molar-refractivity contribution in [2.75, 3.05) is 22.3 Å². The van der Waals surface area contributed by atoms with Crippen LogP contribution in [0.25, 0.3) is 11.3 Å². The maximum atomic E-state index is 4.77. The summed E-state index contributed by atoms with van der Waals surface area (Å²) in [5.41, 5.74) is 8.86. The van der Waals surface area contributed by atoms with Crippen molar-refractivity contribution >= 4 is 34.3 Å². The van der Waals surface area contributed by atoms with E-state index in [1.54, 1.807) is 0 Å². The molecule has 4 aromatic rings. The summed E-state index contributed by atoms with van der Waals surface area (Å²) in [6, 6.07) is 19.7. The van der Waals surface area contributed by atoms with Gasteiger partial charge < -0.3 is 4.90 Å². The molecule has 0 bridgehead atoms. The molecule has 0 fully saturated rings. The molecule has 130 valence electrons. The van der Waals surface area contributed by atoms with Crippen molar-refractivity contribution < 1.29 is 4.63 Å². The van der Waals surface area contributed by atoms with Crippen LogP contribution in [0.15, 0.2) is 65.3 Å². The first kappa shape index (κ1) is 15.8. The molecule has 2 aromatic heterocycles. The minimum Gasteiger partial charge on any atom is -0.323 e. The van der Waals surface area contributed by atoms with Crippen molar-refractivity contribution in [1.82, 2.24) is 20.3 Å². The Morgan fingerprint density at radius 2 is 1.50 bits per heavy atom. The number of para-hydroxylation sites is 2. The highest BCUT2D eigenvalue weighted by atomic mass is 16.6. The second-order valence-electron chi connectivity index (χ2n) is 5.50. The van der Waals surface area contributed by atoms with Crippen molar-refractivity contribution in [3.05, 3.63) is 60.7 Å². The highest BCUT2D eigenvalue weighted by Gasteiger charge is 2.18. The Hall–Kier alpha value is -3.68. The van der Waals surface area contributed by atoms with E-state index >= 15 is 0 Å². The summed E-state index contributed by atoms with van der Waals surface area (Å²) >= 11 is 0. The van der Waals surface area contributed by atoms with Crippen LogP contribution in [-0.2, 0) is 0 Å². The number of nitrogens with one attached hydrogen (secondary N) is 2. The molecule has 0 spiro atoms. The fourth-order valence-electron chi connectivity index (χ4n) is 2.62. The van der Waals surface area contributed by atoms with Crippen molar-refractivity contribution in [3.63, 3.8) is 0 Å². The molecule has 26 heavy (non-hydrogen) atoms. The lowest BCUT2D eigenvalue weighted by Gasteiger charge is -2.24. The average molecular weight is 347 g/mol. The minimum atomic E-state index is 0.343. The minimum absolute atomic E-state index is 0.343. The molecule has 0 saturated carbocycles. The van der Waals surface area contributed by atoms with E-state index in [2.05, 4.69) is 31.1 Å². The van der Waals surface area contributed by atoms with Gasteiger partial charge in [-0.2, -0.15) is 4.98 Å². The number of fused-ring (bicyclic) bond motifs is 1. The fraction of sp³-hybridized carbons (Fsp3) is 0.111. The van der Waals surface area contributed by atoms with Gasteiger partial charge in [0.2, 0.25) is 11.3 Å². The molecule has 0 saturated heterocycles. The van der Waals surface area contributed by atoms with E-state index in [4.69, 9.17) is 4.63 Å². The first-order chi connectivity index (χ1) is 12.8. The smallest absolute Gasteiger partial charge is 0.245 e. The highest BCUT2D eigenvalue weighted by Crippen LogP contribution is 2.30. The second-order valence-corrected chi connectivity index (χ2v) is 5.50. The van der Waals surface area contributed by atoms with Crippen LogP contribution in [0.5, 0.6) is 0 Å². The third-order valence-electron chi connectivity index (χ3n) is 3.83. The molecule has 0 aliphatic carbocycles. The quantitative estimate of drug-likeness (QED) is 0.511. The molecular formula is C18H17N7O. The van der Waals surface area contributed by atoms with Crippen LogP contribution in [0.1, 0.15) is 6.92 Å². The van der Waals surface area contributed by atoms with E-state index in [0.29, 0.717) is 29.5 Å². The van der Waals surface area contributed by atoms with Gasteiger partial charge in [-0.15, -0.1) is 0 Å². The van der Waals surface area contributed by atoms with Gasteiger partial charge in [0.1, 0.15) is 0 Å². The summed E-state index contributed by atoms with van der Waals surface area (Å²) < 4.78 is 4.77. The van der Waals surface area contributed by atoms with E-state index in [1.165, 1.54) is 0 Å². The Morgan fingerprint density at radius 1 is 0.846 bits per heavy atom. The zero-order valence-electron chi connectivity index (χ0n) is 14.1. The predicted octanol–water partition coefficient (Wildman–Crippen LogP) is 3.61. The molecule has 0 atom stereocenters. The third-order valence-corrected chi connectivity index (χ3v) is 3.83. The number of hydrazine groups is 1. The largest absolute Gasteiger partial charge is 0.323 e. The average Bonchev–Trinajstić information content (AvgIpc) is 3.16. The molecule has 0 aliphatic rings. The molecule has 0 unspecified atom stereocenters. The summed E-state index contributed by atoms with van der Waals surface area (Å²) in [7, 11) is 0. The third kappa shape index (κ3) is 3.12. The zero-order valence-corrected chi connectivity index (χ0v) is 14.1. The van der Waals surface area contributed by atoms with Gasteiger partial charge in [-0.05, 0) is 41.5 Å². The van der Waals surface area contributed by atoms with Crippen LogP contribution < -0.4 is 15.8 Å². The van der Waals surface area contributed by atoms with Crippen LogP contribution >= 0.6 is 0 Å². The standard InChI is InChI=1S/C18H17N7O/c1-2-25(14-11-7-4-8-12-14)18-17(19-15-16(20-18)24-26-23-15)22-21-13-9-5-3-6-10-13/h3-12,21H,2H2,1H3,(H,19,22,23). The van der Waals surface area contributed by atoms with Gasteiger partial charge in [-0.1, -0.05) is 36.4 Å². The summed E-state index contributed by atoms with van der Waals surface area (Å²) in [6.45, 7) is 2.75. The SMILES string of the molecule is CCN(c1ccccc1)c1nc2nonc2nc1NNc1ccccc1. The van der Waals surface area contributed by atoms with Crippen molar-refractivity contribution in [1.29, 1.82) is 0 Å². The topological polar surface area (TPSA) is 92.0 Å². The van der Waals surface area contributed by atoms with Crippen molar-refractivity contribution in [3.8, 4) is 0 Å². The molecule has 0 aliphatic heterocycles. The normalized spacial score (nSPS) is 10.7. The maximum absolute atomic E-state index is 4.77. The predicted molar refractivity (Wildman–Crippen MR) is 100 cm³/mol. The first-order valence-electron chi connectivity index (χ1n) is 8.25. The van der Waals surface area contributed by atoms with Gasteiger partial charge in [0.15, 0.2) is 11.6 Å². The summed E-state index contributed by atoms with van der Waals surface area (Å²) in [6.07, 6.45) is 0. The van der Waals surface area contributed by atoms with Gasteiger partial charge in [-0.25, -0.2) is 9.61 Å². The van der Waals surface area contributed by atoms with E-state index in [9.17, 15) is 0 Å². The lowest BCUT2D eigenvalue weighted by molar-refractivity contribution is 0.314. The van der Waals surface area contributed by atoms with Gasteiger partial charge in [0.25, 0.3) is 0 Å². The maximum Gasteiger partial charge on any atom is 0.245 e. The number of hydrogen-bond acceptors (Lipinski definition) is 8. The lowest BCUT2D eigenvalue weighted by atomic mass is 10.3. The van der Waals surface area contributed by atoms with E-state index in [1.807, 2.05) is 72.5 Å². The molecule has 8 heteroatoms. The fourth-order valence-corrected chi connectivity index (χ4v) is 2.62. The molecule has 2 aromatic carbocycles. The Morgan fingerprint density at radius 3 is 2.19 bits per heavy atom. The molecule has 4 rings (SSSR count). The van der Waals surface area contributed by atoms with E-state index in [-0.39, 0.29) is 0 Å². The number of nitrogens with zero attached hydrogens (tertiary/aromatic N) is 5. The molecular weight excluding hydrogens is 330 g/mol. The summed E-state index contributed by atoms with van der Waals surface area (Å²) in [5, 5.41) is 7.60. The Bertz CT molecular complexity index is 988. The first-order valence-corrected chi connectivity index (χ1v) is 8.25. The molecule has 2 N–H and O–H groups in total. The molecule has 2 heterocycles. The number of benzene rings is 2. The van der Waals surface area contributed by atoms with Gasteiger partial charge in [-0.3, -0.25) is 10.9 Å². The van der Waals surface area contributed by atoms with Crippen LogP contribution in [0, 0.1) is 0 Å². The summed E-state index contributed by atoms with van der Waals surface area (Å²) in [4.78, 5) is 11.1. The number of rotatable bonds is 6. The Kier molecular flexibility index (Phi) is 4.29. The van der Waals surface area contributed by atoms with E-state index in [0.717, 1.165) is 11.4 Å². The van der Waals surface area contributed by atoms with Gasteiger partial charge >= 0.3 is 0 Å². The Labute approximate surface area is 149 Å². The van der Waals surface area contributed by atoms with Crippen LogP contribution in [-0.4, -0.2) is 26.8 Å². The number of anilines is 4. The van der Waals surface area contributed by atoms with Crippen LogP contribution in [0.2, 0.25) is 0 Å². The number of hydrogen-bond donors (Lipinski definition) is 2. The van der Waals surface area contributed by atoms with Crippen molar-refractivity contribution in [2.24, 2.45) is 0 Å². The summed E-state index contributed by atoms with van der Waals surface area (Å²) in [5.74, 6) is 1.16. The number of aromatic nitrogens is 4. The highest BCUT2D eigenvalue weighted by molar-refractivity contribution is 5.78. The monoisotopic (exact) mass is 347 g/mol. The van der Waals surface area contributed by atoms with Gasteiger partial charge in [0.05, 0.1) is 5.69 Å². The molecule has 0 radical (unpaired) electrons. The zero-order chi connectivity index (χ0) is 17.8. The van der Waals surface area contributed by atoms with Crippen LogP contribution in [0.3, 0.4) is 0 Å². The lowest BCUT2D eigenvalue weighted by Crippen LogP contribution is -2.21. The Balaban J connectivity index is 1.74. The van der Waals surface area contributed by atoms with Gasteiger partial charge in [0, 0.05) is 12.2 Å². The molecule has 0 amide bonds. The molecule has 8 nitrogen and oxygen atoms in total. The second kappa shape index (κ2) is 7.06. The van der Waals surface area contributed by atoms with Crippen LogP contribution in [0.4, 0.5) is 23.0 Å². The van der Waals surface area contributed by atoms with Crippen molar-refractivity contribution in [2.45, 2.75) is 6.92 Å². The van der Waals surface area contributed by atoms with E-state index < -0.39 is 0 Å².